The Morgan fingerprint density at radius 2 is 2.07 bits per heavy atom. The van der Waals surface area contributed by atoms with E-state index in [2.05, 4.69) is 0 Å². The monoisotopic (exact) mass is 193 g/mol. The van der Waals surface area contributed by atoms with Crippen molar-refractivity contribution in [2.24, 2.45) is 5.73 Å². The standard InChI is InChI=1S/C12H16FN/c1-3-5-10-6-11(8-14)12(13)7-9(10)4-2/h3,5-7H,4,8,14H2,1-2H3/b5-3-. The molecule has 0 saturated carbocycles. The van der Waals surface area contributed by atoms with Crippen LogP contribution in [-0.2, 0) is 13.0 Å². The Morgan fingerprint density at radius 1 is 1.36 bits per heavy atom. The lowest BCUT2D eigenvalue weighted by Gasteiger charge is -2.07. The number of nitrogens with two attached hydrogens (primary N) is 1. The molecule has 1 aromatic rings. The Kier molecular flexibility index (Phi) is 3.84. The van der Waals surface area contributed by atoms with Gasteiger partial charge in [0.2, 0.25) is 0 Å². The molecule has 0 unspecified atom stereocenters. The number of hydrogen-bond acceptors (Lipinski definition) is 1. The van der Waals surface area contributed by atoms with Gasteiger partial charge >= 0.3 is 0 Å². The van der Waals surface area contributed by atoms with E-state index < -0.39 is 0 Å². The van der Waals surface area contributed by atoms with Crippen molar-refractivity contribution in [3.8, 4) is 0 Å². The van der Waals surface area contributed by atoms with Crippen LogP contribution in [0.3, 0.4) is 0 Å². The first kappa shape index (κ1) is 10.9. The minimum absolute atomic E-state index is 0.197. The van der Waals surface area contributed by atoms with E-state index in [4.69, 9.17) is 5.73 Å². The summed E-state index contributed by atoms with van der Waals surface area (Å²) in [5, 5.41) is 0. The second-order valence-electron chi connectivity index (χ2n) is 3.20. The molecule has 0 spiro atoms. The maximum Gasteiger partial charge on any atom is 0.128 e. The van der Waals surface area contributed by atoms with E-state index in [1.54, 1.807) is 6.07 Å². The average Bonchev–Trinajstić information content (AvgIpc) is 2.20. The summed E-state index contributed by atoms with van der Waals surface area (Å²) >= 11 is 0. The van der Waals surface area contributed by atoms with Gasteiger partial charge < -0.3 is 5.73 Å². The number of rotatable bonds is 3. The number of halogens is 1. The maximum atomic E-state index is 13.4. The predicted molar refractivity (Wildman–Crippen MR) is 58.4 cm³/mol. The van der Waals surface area contributed by atoms with Crippen molar-refractivity contribution in [2.75, 3.05) is 0 Å². The number of aryl methyl sites for hydroxylation is 1. The van der Waals surface area contributed by atoms with Gasteiger partial charge in [0.05, 0.1) is 0 Å². The number of benzene rings is 1. The van der Waals surface area contributed by atoms with E-state index in [0.717, 1.165) is 17.5 Å². The molecule has 76 valence electrons. The third kappa shape index (κ3) is 2.20. The summed E-state index contributed by atoms with van der Waals surface area (Å²) in [4.78, 5) is 0. The lowest BCUT2D eigenvalue weighted by molar-refractivity contribution is 0.608. The summed E-state index contributed by atoms with van der Waals surface area (Å²) in [6, 6.07) is 3.41. The van der Waals surface area contributed by atoms with Crippen molar-refractivity contribution < 1.29 is 4.39 Å². The molecule has 0 aliphatic carbocycles. The van der Waals surface area contributed by atoms with Gasteiger partial charge in [0.15, 0.2) is 0 Å². The molecule has 0 radical (unpaired) electrons. The fourth-order valence-corrected chi connectivity index (χ4v) is 1.48. The van der Waals surface area contributed by atoms with Crippen LogP contribution in [-0.4, -0.2) is 0 Å². The Labute approximate surface area is 84.4 Å². The van der Waals surface area contributed by atoms with Crippen LogP contribution in [0.5, 0.6) is 0 Å². The third-order valence-electron chi connectivity index (χ3n) is 2.26. The van der Waals surface area contributed by atoms with E-state index in [1.165, 1.54) is 0 Å². The van der Waals surface area contributed by atoms with Crippen molar-refractivity contribution in [3.05, 3.63) is 40.7 Å². The van der Waals surface area contributed by atoms with Crippen LogP contribution in [0.25, 0.3) is 6.08 Å². The van der Waals surface area contributed by atoms with E-state index in [1.807, 2.05) is 32.1 Å². The van der Waals surface area contributed by atoms with Gasteiger partial charge in [0.25, 0.3) is 0 Å². The van der Waals surface area contributed by atoms with Crippen LogP contribution in [0.2, 0.25) is 0 Å². The molecular weight excluding hydrogens is 177 g/mol. The molecule has 0 heterocycles. The summed E-state index contributed by atoms with van der Waals surface area (Å²) < 4.78 is 13.4. The highest BCUT2D eigenvalue weighted by atomic mass is 19.1. The van der Waals surface area contributed by atoms with Crippen LogP contribution in [0.4, 0.5) is 4.39 Å². The molecule has 0 bridgehead atoms. The van der Waals surface area contributed by atoms with Gasteiger partial charge in [-0.05, 0) is 36.6 Å². The quantitative estimate of drug-likeness (QED) is 0.784. The fourth-order valence-electron chi connectivity index (χ4n) is 1.48. The molecule has 0 saturated heterocycles. The molecule has 1 rings (SSSR count). The van der Waals surface area contributed by atoms with Crippen LogP contribution in [0.15, 0.2) is 18.2 Å². The van der Waals surface area contributed by atoms with Gasteiger partial charge in [-0.1, -0.05) is 19.1 Å². The average molecular weight is 193 g/mol. The van der Waals surface area contributed by atoms with Gasteiger partial charge in [-0.25, -0.2) is 4.39 Å². The normalized spacial score (nSPS) is 11.1. The van der Waals surface area contributed by atoms with E-state index in [9.17, 15) is 4.39 Å². The van der Waals surface area contributed by atoms with Crippen molar-refractivity contribution >= 4 is 6.08 Å². The molecule has 14 heavy (non-hydrogen) atoms. The lowest BCUT2D eigenvalue weighted by atomic mass is 10.0. The van der Waals surface area contributed by atoms with Crippen molar-refractivity contribution in [1.29, 1.82) is 0 Å². The topological polar surface area (TPSA) is 26.0 Å². The Hall–Kier alpha value is -1.15. The lowest BCUT2D eigenvalue weighted by Crippen LogP contribution is -2.02. The predicted octanol–water partition coefficient (Wildman–Crippen LogP) is 2.88. The SMILES string of the molecule is C/C=C\c1cc(CN)c(F)cc1CC. The summed E-state index contributed by atoms with van der Waals surface area (Å²) in [5.74, 6) is -0.197. The zero-order valence-corrected chi connectivity index (χ0v) is 8.68. The zero-order chi connectivity index (χ0) is 10.6. The molecule has 1 nitrogen and oxygen atoms in total. The zero-order valence-electron chi connectivity index (χ0n) is 8.68. The first-order valence-corrected chi connectivity index (χ1v) is 4.87. The molecule has 0 aromatic heterocycles. The minimum Gasteiger partial charge on any atom is -0.326 e. The molecular formula is C12H16FN. The van der Waals surface area contributed by atoms with E-state index in [0.29, 0.717) is 5.56 Å². The van der Waals surface area contributed by atoms with Crippen LogP contribution in [0, 0.1) is 5.82 Å². The Balaban J connectivity index is 3.24. The highest BCUT2D eigenvalue weighted by molar-refractivity contribution is 5.55. The third-order valence-corrected chi connectivity index (χ3v) is 2.26. The van der Waals surface area contributed by atoms with Crippen molar-refractivity contribution in [3.63, 3.8) is 0 Å². The van der Waals surface area contributed by atoms with E-state index in [-0.39, 0.29) is 12.4 Å². The number of hydrogen-bond donors (Lipinski definition) is 1. The fraction of sp³-hybridized carbons (Fsp3) is 0.333. The van der Waals surface area contributed by atoms with Crippen molar-refractivity contribution in [2.45, 2.75) is 26.8 Å². The Bertz CT molecular complexity index is 342. The highest BCUT2D eigenvalue weighted by Crippen LogP contribution is 2.18. The summed E-state index contributed by atoms with van der Waals surface area (Å²) in [6.07, 6.45) is 4.77. The van der Waals surface area contributed by atoms with Gasteiger partial charge in [-0.15, -0.1) is 0 Å². The number of allylic oxidation sites excluding steroid dienone is 1. The smallest absolute Gasteiger partial charge is 0.128 e. The van der Waals surface area contributed by atoms with Crippen LogP contribution in [0.1, 0.15) is 30.5 Å². The largest absolute Gasteiger partial charge is 0.326 e. The molecule has 0 aliphatic heterocycles. The summed E-state index contributed by atoms with van der Waals surface area (Å²) in [7, 11) is 0. The second-order valence-corrected chi connectivity index (χ2v) is 3.20. The minimum atomic E-state index is -0.197. The molecule has 0 aliphatic rings. The molecule has 1 aromatic carbocycles. The van der Waals surface area contributed by atoms with E-state index >= 15 is 0 Å². The summed E-state index contributed by atoms with van der Waals surface area (Å²) in [6.45, 7) is 4.22. The molecule has 0 amide bonds. The summed E-state index contributed by atoms with van der Waals surface area (Å²) in [5.41, 5.74) is 8.11. The Morgan fingerprint density at radius 3 is 2.57 bits per heavy atom. The molecule has 0 atom stereocenters. The highest BCUT2D eigenvalue weighted by Gasteiger charge is 2.05. The van der Waals surface area contributed by atoms with Crippen LogP contribution >= 0.6 is 0 Å². The van der Waals surface area contributed by atoms with Crippen molar-refractivity contribution in [1.82, 2.24) is 0 Å². The van der Waals surface area contributed by atoms with Gasteiger partial charge in [0, 0.05) is 12.1 Å². The maximum absolute atomic E-state index is 13.4. The molecule has 2 heteroatoms. The van der Waals surface area contributed by atoms with Gasteiger partial charge in [-0.3, -0.25) is 0 Å². The first-order valence-electron chi connectivity index (χ1n) is 4.87. The van der Waals surface area contributed by atoms with Gasteiger partial charge in [-0.2, -0.15) is 0 Å². The first-order chi connectivity index (χ1) is 6.72. The second kappa shape index (κ2) is 4.91. The molecule has 2 N–H and O–H groups in total. The van der Waals surface area contributed by atoms with Crippen LogP contribution < -0.4 is 5.73 Å². The molecule has 0 fully saturated rings. The van der Waals surface area contributed by atoms with Gasteiger partial charge in [0.1, 0.15) is 5.82 Å².